The van der Waals surface area contributed by atoms with Crippen molar-refractivity contribution in [3.8, 4) is 11.1 Å². The van der Waals surface area contributed by atoms with Crippen LogP contribution in [0.15, 0.2) is 58.4 Å². The Labute approximate surface area is 246 Å². The lowest BCUT2D eigenvalue weighted by Gasteiger charge is -2.20. The Hall–Kier alpha value is -4.88. The summed E-state index contributed by atoms with van der Waals surface area (Å²) in [5, 5.41) is 20.9. The summed E-state index contributed by atoms with van der Waals surface area (Å²) in [7, 11) is 1.28. The zero-order chi connectivity index (χ0) is 30.1. The number of nitrogens with one attached hydrogen (secondary N) is 4. The summed E-state index contributed by atoms with van der Waals surface area (Å²) in [4.78, 5) is 37.7. The van der Waals surface area contributed by atoms with Gasteiger partial charge in [0.05, 0.1) is 30.1 Å². The molecule has 14 heteroatoms. The van der Waals surface area contributed by atoms with Crippen LogP contribution in [-0.2, 0) is 9.53 Å². The smallest absolute Gasteiger partial charge is 0.411 e. The second-order valence-corrected chi connectivity index (χ2v) is 9.89. The molecule has 0 saturated heterocycles. The minimum absolute atomic E-state index is 0.371. The molecule has 1 aliphatic heterocycles. The molecule has 1 aliphatic rings. The van der Waals surface area contributed by atoms with Crippen molar-refractivity contribution >= 4 is 53.1 Å². The molecule has 2 amide bonds. The number of aromatic nitrogens is 2. The van der Waals surface area contributed by atoms with Crippen LogP contribution in [0.25, 0.3) is 17.2 Å². The summed E-state index contributed by atoms with van der Waals surface area (Å²) in [6, 6.07) is 11.4. The van der Waals surface area contributed by atoms with Gasteiger partial charge in [0.1, 0.15) is 6.34 Å². The van der Waals surface area contributed by atoms with Gasteiger partial charge >= 0.3 is 6.09 Å². The molecule has 1 atom stereocenters. The lowest BCUT2D eigenvalue weighted by molar-refractivity contribution is -0.117. The Kier molecular flexibility index (Phi) is 10.1. The zero-order valence-corrected chi connectivity index (χ0v) is 23.6. The first-order chi connectivity index (χ1) is 20.3. The van der Waals surface area contributed by atoms with Crippen LogP contribution in [0.4, 0.5) is 21.9 Å². The van der Waals surface area contributed by atoms with E-state index in [1.807, 2.05) is 0 Å². The van der Waals surface area contributed by atoms with Crippen LogP contribution < -0.4 is 38.2 Å². The van der Waals surface area contributed by atoms with Crippen molar-refractivity contribution < 1.29 is 14.3 Å². The van der Waals surface area contributed by atoms with Gasteiger partial charge in [-0.15, -0.1) is 0 Å². The van der Waals surface area contributed by atoms with Gasteiger partial charge < -0.3 is 21.2 Å². The van der Waals surface area contributed by atoms with Crippen LogP contribution in [-0.4, -0.2) is 42.2 Å². The summed E-state index contributed by atoms with van der Waals surface area (Å²) < 4.78 is 4.69. The number of amides is 2. The van der Waals surface area contributed by atoms with Crippen LogP contribution in [0.1, 0.15) is 43.0 Å². The molecule has 0 fully saturated rings. The highest BCUT2D eigenvalue weighted by Crippen LogP contribution is 2.31. The molecule has 0 aliphatic carbocycles. The lowest BCUT2D eigenvalue weighted by atomic mass is 9.99. The molecule has 3 aromatic rings. The summed E-state index contributed by atoms with van der Waals surface area (Å²) in [5.41, 5.74) is 3.41. The molecule has 8 N–H and O–H groups in total. The van der Waals surface area contributed by atoms with Crippen molar-refractivity contribution in [1.82, 2.24) is 15.5 Å². The number of fused-ring (bicyclic) bond motifs is 4. The normalized spacial score (nSPS) is 15.2. The van der Waals surface area contributed by atoms with Crippen LogP contribution >= 0.6 is 11.6 Å². The number of rotatable bonds is 6. The first-order valence-electron chi connectivity index (χ1n) is 13.2. The average molecular weight is 594 g/mol. The van der Waals surface area contributed by atoms with Gasteiger partial charge in [-0.3, -0.25) is 19.9 Å². The Morgan fingerprint density at radius 1 is 1.17 bits per heavy atom. The number of hydrazone groups is 1. The average Bonchev–Trinajstić information content (AvgIpc) is 2.97. The molecular formula is C28H32ClN9O4. The van der Waals surface area contributed by atoms with Gasteiger partial charge in [-0.05, 0) is 55.3 Å². The minimum Gasteiger partial charge on any atom is -0.453 e. The van der Waals surface area contributed by atoms with E-state index in [4.69, 9.17) is 23.3 Å². The van der Waals surface area contributed by atoms with E-state index in [-0.39, 0.29) is 5.91 Å². The monoisotopic (exact) mass is 593 g/mol. The molecular weight excluding hydrogens is 562 g/mol. The Morgan fingerprint density at radius 3 is 2.79 bits per heavy atom. The SMILES string of the molecule is COC(=O)Nc1ccc2c(c1)NCCCCCC(NC(=O)/C=C/c1cc(Cl)ccc1N(N)/C=N\N)c1cc-2c(=O)[nH]n1. The molecule has 1 unspecified atom stereocenters. The Morgan fingerprint density at radius 2 is 2.00 bits per heavy atom. The van der Waals surface area contributed by atoms with Crippen molar-refractivity contribution in [1.29, 1.82) is 0 Å². The summed E-state index contributed by atoms with van der Waals surface area (Å²) in [6.45, 7) is 0.652. The van der Waals surface area contributed by atoms with Crippen molar-refractivity contribution in [2.75, 3.05) is 29.3 Å². The first-order valence-corrected chi connectivity index (χ1v) is 13.5. The number of halogens is 1. The number of carbonyl (C=O) groups is 2. The third kappa shape index (κ3) is 7.65. The van der Waals surface area contributed by atoms with Crippen LogP contribution in [0, 0.1) is 0 Å². The maximum atomic E-state index is 13.1. The molecule has 2 heterocycles. The quantitative estimate of drug-likeness (QED) is 0.0812. The second kappa shape index (κ2) is 14.1. The highest BCUT2D eigenvalue weighted by Gasteiger charge is 2.20. The minimum atomic E-state index is -0.601. The fraction of sp³-hybridized carbons (Fsp3) is 0.250. The number of methoxy groups -OCH3 is 1. The number of nitrogens with two attached hydrogens (primary N) is 2. The van der Waals surface area contributed by atoms with Gasteiger partial charge in [0, 0.05) is 40.1 Å². The number of hydrazine groups is 1. The number of H-pyrrole nitrogens is 1. The highest BCUT2D eigenvalue weighted by atomic mass is 35.5. The second-order valence-electron chi connectivity index (χ2n) is 9.46. The number of nitrogens with zero attached hydrogens (tertiary/aromatic N) is 3. The number of aromatic amines is 1. The fourth-order valence-corrected chi connectivity index (χ4v) is 4.73. The van der Waals surface area contributed by atoms with Gasteiger partial charge in [-0.25, -0.2) is 15.7 Å². The molecule has 4 rings (SSSR count). The summed E-state index contributed by atoms with van der Waals surface area (Å²) in [5.74, 6) is 10.8. The molecule has 0 spiro atoms. The van der Waals surface area contributed by atoms with Crippen molar-refractivity contribution in [2.24, 2.45) is 16.8 Å². The van der Waals surface area contributed by atoms with Gasteiger partial charge in [0.25, 0.3) is 5.56 Å². The van der Waals surface area contributed by atoms with Crippen molar-refractivity contribution in [2.45, 2.75) is 31.7 Å². The fourth-order valence-electron chi connectivity index (χ4n) is 4.55. The molecule has 2 bridgehead atoms. The van der Waals surface area contributed by atoms with Gasteiger partial charge in [-0.2, -0.15) is 10.2 Å². The van der Waals surface area contributed by atoms with Crippen LogP contribution in [0.3, 0.4) is 0 Å². The first kappa shape index (κ1) is 30.1. The molecule has 2 aromatic carbocycles. The number of ether oxygens (including phenoxy) is 1. The van der Waals surface area contributed by atoms with E-state index in [9.17, 15) is 14.4 Å². The van der Waals surface area contributed by atoms with E-state index in [1.54, 1.807) is 48.5 Å². The van der Waals surface area contributed by atoms with Gasteiger partial charge in [0.15, 0.2) is 0 Å². The summed E-state index contributed by atoms with van der Waals surface area (Å²) >= 11 is 6.16. The van der Waals surface area contributed by atoms with E-state index in [1.165, 1.54) is 24.5 Å². The predicted octanol–water partition coefficient (Wildman–Crippen LogP) is 3.71. The Bertz CT molecular complexity index is 1560. The highest BCUT2D eigenvalue weighted by molar-refractivity contribution is 6.30. The molecule has 0 saturated carbocycles. The third-order valence-electron chi connectivity index (χ3n) is 6.60. The van der Waals surface area contributed by atoms with Gasteiger partial charge in [0.2, 0.25) is 5.91 Å². The number of hydrogen-bond donors (Lipinski definition) is 6. The lowest BCUT2D eigenvalue weighted by Crippen LogP contribution is -2.30. The maximum absolute atomic E-state index is 13.1. The van der Waals surface area contributed by atoms with Crippen molar-refractivity contribution in [3.05, 3.63) is 75.2 Å². The number of hydrogen-bond acceptors (Lipinski definition) is 9. The van der Waals surface area contributed by atoms with E-state index in [0.29, 0.717) is 57.4 Å². The molecule has 220 valence electrons. The van der Waals surface area contributed by atoms with Crippen molar-refractivity contribution in [3.63, 3.8) is 0 Å². The molecule has 13 nitrogen and oxygen atoms in total. The molecule has 1 aromatic heterocycles. The number of carbonyl (C=O) groups excluding carboxylic acids is 2. The van der Waals surface area contributed by atoms with E-state index in [0.717, 1.165) is 19.3 Å². The largest absolute Gasteiger partial charge is 0.453 e. The standard InChI is InChI=1S/C28H32ClN9O4/c1-42-28(41)34-19-8-9-20-21-15-24(36-37-27(21)40)22(5-3-2-4-12-32-23(20)14-19)35-26(39)11-6-17-13-18(29)7-10-25(17)38(31)16-33-30/h6-11,13-16,22,32H,2-5,12,30-31H2,1H3,(H,34,41)(H,35,39)(H,37,40)/b11-6+,33-16-. The Balaban J connectivity index is 1.63. The molecule has 42 heavy (non-hydrogen) atoms. The predicted molar refractivity (Wildman–Crippen MR) is 164 cm³/mol. The zero-order valence-electron chi connectivity index (χ0n) is 22.9. The van der Waals surface area contributed by atoms with E-state index >= 15 is 0 Å². The number of anilines is 3. The third-order valence-corrected chi connectivity index (χ3v) is 6.83. The van der Waals surface area contributed by atoms with E-state index < -0.39 is 17.7 Å². The van der Waals surface area contributed by atoms with Crippen LogP contribution in [0.2, 0.25) is 5.02 Å². The van der Waals surface area contributed by atoms with Crippen LogP contribution in [0.5, 0.6) is 0 Å². The topological polar surface area (TPSA) is 193 Å². The summed E-state index contributed by atoms with van der Waals surface area (Å²) in [6.07, 6.45) is 6.75. The number of benzene rings is 2. The van der Waals surface area contributed by atoms with Gasteiger partial charge in [-0.1, -0.05) is 30.5 Å². The van der Waals surface area contributed by atoms with E-state index in [2.05, 4.69) is 36.0 Å². The molecule has 0 radical (unpaired) electrons. The maximum Gasteiger partial charge on any atom is 0.411 e.